The second-order valence-corrected chi connectivity index (χ2v) is 6.28. The molecule has 128 valence electrons. The fourth-order valence-electron chi connectivity index (χ4n) is 3.48. The number of aromatic nitrogens is 3. The van der Waals surface area contributed by atoms with Crippen LogP contribution in [-0.2, 0) is 13.0 Å². The Morgan fingerprint density at radius 2 is 2.04 bits per heavy atom. The van der Waals surface area contributed by atoms with E-state index in [0.29, 0.717) is 32.2 Å². The standard InChI is InChI=1S/C14H20F3N5O/c15-14(16,17)12(9-3-1-2-4-9)21-13(23)20-10-5-6-11-18-8-19-22(11)7-10/h8-10,12H,1-7H2,(H2,20,21,23)/t10-,12+/m1/s1. The van der Waals surface area contributed by atoms with Gasteiger partial charge in [0.25, 0.3) is 0 Å². The van der Waals surface area contributed by atoms with Gasteiger partial charge in [-0.2, -0.15) is 18.3 Å². The van der Waals surface area contributed by atoms with Gasteiger partial charge in [0.05, 0.1) is 12.6 Å². The van der Waals surface area contributed by atoms with Crippen molar-refractivity contribution in [2.24, 2.45) is 5.92 Å². The van der Waals surface area contributed by atoms with Crippen molar-refractivity contribution < 1.29 is 18.0 Å². The molecule has 2 aliphatic rings. The van der Waals surface area contributed by atoms with E-state index in [1.54, 1.807) is 4.68 Å². The maximum Gasteiger partial charge on any atom is 0.408 e. The van der Waals surface area contributed by atoms with Crippen LogP contribution in [0.1, 0.15) is 37.9 Å². The third-order valence-corrected chi connectivity index (χ3v) is 4.65. The summed E-state index contributed by atoms with van der Waals surface area (Å²) in [6.07, 6.45) is 0.918. The van der Waals surface area contributed by atoms with E-state index in [1.807, 2.05) is 0 Å². The molecule has 1 aromatic heterocycles. The quantitative estimate of drug-likeness (QED) is 0.890. The van der Waals surface area contributed by atoms with Crippen LogP contribution in [0.25, 0.3) is 0 Å². The minimum atomic E-state index is -4.42. The number of nitrogens with zero attached hydrogens (tertiary/aromatic N) is 3. The summed E-state index contributed by atoms with van der Waals surface area (Å²) in [4.78, 5) is 16.1. The second-order valence-electron chi connectivity index (χ2n) is 6.28. The van der Waals surface area contributed by atoms with Crippen molar-refractivity contribution in [3.63, 3.8) is 0 Å². The van der Waals surface area contributed by atoms with E-state index in [2.05, 4.69) is 20.7 Å². The van der Waals surface area contributed by atoms with Crippen molar-refractivity contribution >= 4 is 6.03 Å². The number of hydrogen-bond donors (Lipinski definition) is 2. The van der Waals surface area contributed by atoms with Crippen molar-refractivity contribution in [3.05, 3.63) is 12.2 Å². The molecule has 2 N–H and O–H groups in total. The average molecular weight is 331 g/mol. The van der Waals surface area contributed by atoms with Crippen molar-refractivity contribution in [1.82, 2.24) is 25.4 Å². The van der Waals surface area contributed by atoms with E-state index in [-0.39, 0.29) is 6.04 Å². The molecule has 23 heavy (non-hydrogen) atoms. The molecule has 3 rings (SSSR count). The lowest BCUT2D eigenvalue weighted by Gasteiger charge is -2.29. The lowest BCUT2D eigenvalue weighted by molar-refractivity contribution is -0.164. The van der Waals surface area contributed by atoms with Crippen LogP contribution in [0.3, 0.4) is 0 Å². The summed E-state index contributed by atoms with van der Waals surface area (Å²) in [6, 6.07) is -2.76. The Morgan fingerprint density at radius 3 is 2.74 bits per heavy atom. The predicted molar refractivity (Wildman–Crippen MR) is 75.6 cm³/mol. The Balaban J connectivity index is 1.57. The van der Waals surface area contributed by atoms with Crippen molar-refractivity contribution in [3.8, 4) is 0 Å². The van der Waals surface area contributed by atoms with Crippen LogP contribution in [0.15, 0.2) is 6.33 Å². The van der Waals surface area contributed by atoms with E-state index >= 15 is 0 Å². The topological polar surface area (TPSA) is 71.8 Å². The molecular formula is C14H20F3N5O. The van der Waals surface area contributed by atoms with Crippen LogP contribution in [0.5, 0.6) is 0 Å². The van der Waals surface area contributed by atoms with Gasteiger partial charge in [-0.05, 0) is 25.2 Å². The third-order valence-electron chi connectivity index (χ3n) is 4.65. The molecule has 0 unspecified atom stereocenters. The molecule has 1 aromatic rings. The zero-order valence-corrected chi connectivity index (χ0v) is 12.6. The number of halogens is 3. The molecule has 1 aliphatic carbocycles. The highest BCUT2D eigenvalue weighted by Crippen LogP contribution is 2.35. The van der Waals surface area contributed by atoms with Gasteiger partial charge in [0.1, 0.15) is 18.2 Å². The molecule has 0 aromatic carbocycles. The number of rotatable bonds is 3. The van der Waals surface area contributed by atoms with Crippen LogP contribution in [0, 0.1) is 5.92 Å². The maximum absolute atomic E-state index is 13.2. The molecular weight excluding hydrogens is 311 g/mol. The Hall–Kier alpha value is -1.80. The Bertz CT molecular complexity index is 553. The van der Waals surface area contributed by atoms with Crippen LogP contribution in [0.4, 0.5) is 18.0 Å². The zero-order chi connectivity index (χ0) is 16.4. The summed E-state index contributed by atoms with van der Waals surface area (Å²) in [7, 11) is 0. The third kappa shape index (κ3) is 3.76. The molecule has 2 amide bonds. The summed E-state index contributed by atoms with van der Waals surface area (Å²) in [5.41, 5.74) is 0. The lowest BCUT2D eigenvalue weighted by atomic mass is 9.98. The SMILES string of the molecule is O=C(N[C@@H]1CCc2ncnn2C1)N[C@@H](C1CCCC1)C(F)(F)F. The van der Waals surface area contributed by atoms with Crippen molar-refractivity contribution in [2.45, 2.75) is 63.3 Å². The highest BCUT2D eigenvalue weighted by atomic mass is 19.4. The van der Waals surface area contributed by atoms with E-state index in [9.17, 15) is 18.0 Å². The van der Waals surface area contributed by atoms with Crippen molar-refractivity contribution in [2.75, 3.05) is 0 Å². The largest absolute Gasteiger partial charge is 0.408 e. The molecule has 2 heterocycles. The van der Waals surface area contributed by atoms with Gasteiger partial charge in [-0.1, -0.05) is 12.8 Å². The number of carbonyl (C=O) groups excluding carboxylic acids is 1. The van der Waals surface area contributed by atoms with Crippen LogP contribution < -0.4 is 10.6 Å². The number of fused-ring (bicyclic) bond motifs is 1. The number of nitrogens with one attached hydrogen (secondary N) is 2. The molecule has 1 aliphatic heterocycles. The molecule has 0 spiro atoms. The molecule has 1 fully saturated rings. The highest BCUT2D eigenvalue weighted by molar-refractivity contribution is 5.74. The lowest BCUT2D eigenvalue weighted by Crippen LogP contribution is -2.55. The number of urea groups is 1. The van der Waals surface area contributed by atoms with Gasteiger partial charge in [0.15, 0.2) is 0 Å². The zero-order valence-electron chi connectivity index (χ0n) is 12.6. The molecule has 1 saturated carbocycles. The molecule has 0 saturated heterocycles. The van der Waals surface area contributed by atoms with Gasteiger partial charge in [0.2, 0.25) is 0 Å². The van der Waals surface area contributed by atoms with E-state index in [4.69, 9.17) is 0 Å². The van der Waals surface area contributed by atoms with Gasteiger partial charge < -0.3 is 10.6 Å². The van der Waals surface area contributed by atoms with Gasteiger partial charge in [-0.25, -0.2) is 14.5 Å². The fourth-order valence-corrected chi connectivity index (χ4v) is 3.48. The minimum Gasteiger partial charge on any atom is -0.334 e. The Kier molecular flexibility index (Phi) is 4.45. The molecule has 0 radical (unpaired) electrons. The molecule has 6 nitrogen and oxygen atoms in total. The molecule has 9 heteroatoms. The van der Waals surface area contributed by atoms with Crippen LogP contribution in [-0.4, -0.2) is 39.1 Å². The number of carbonyl (C=O) groups is 1. The average Bonchev–Trinajstić information content (AvgIpc) is 3.14. The smallest absolute Gasteiger partial charge is 0.334 e. The van der Waals surface area contributed by atoms with Crippen molar-refractivity contribution in [1.29, 1.82) is 0 Å². The number of aryl methyl sites for hydroxylation is 1. The first-order valence-corrected chi connectivity index (χ1v) is 7.94. The summed E-state index contributed by atoms with van der Waals surface area (Å²) in [5, 5.41) is 8.81. The number of amides is 2. The van der Waals surface area contributed by atoms with Crippen LogP contribution in [0.2, 0.25) is 0 Å². The first-order valence-electron chi connectivity index (χ1n) is 7.94. The predicted octanol–water partition coefficient (Wildman–Crippen LogP) is 2.01. The van der Waals surface area contributed by atoms with Gasteiger partial charge in [0, 0.05) is 6.42 Å². The summed E-state index contributed by atoms with van der Waals surface area (Å²) in [5.74, 6) is 0.316. The normalized spacial score (nSPS) is 23.3. The number of alkyl halides is 3. The van der Waals surface area contributed by atoms with Gasteiger partial charge in [-0.15, -0.1) is 0 Å². The summed E-state index contributed by atoms with van der Waals surface area (Å²) >= 11 is 0. The Morgan fingerprint density at radius 1 is 1.30 bits per heavy atom. The van der Waals surface area contributed by atoms with E-state index < -0.39 is 24.2 Å². The molecule has 0 bridgehead atoms. The first kappa shape index (κ1) is 16.1. The monoisotopic (exact) mass is 331 g/mol. The van der Waals surface area contributed by atoms with E-state index in [0.717, 1.165) is 18.7 Å². The number of hydrogen-bond acceptors (Lipinski definition) is 3. The second kappa shape index (κ2) is 6.37. The van der Waals surface area contributed by atoms with Crippen LogP contribution >= 0.6 is 0 Å². The fraction of sp³-hybridized carbons (Fsp3) is 0.786. The van der Waals surface area contributed by atoms with Gasteiger partial charge in [-0.3, -0.25) is 0 Å². The first-order chi connectivity index (χ1) is 10.9. The van der Waals surface area contributed by atoms with E-state index in [1.165, 1.54) is 6.33 Å². The Labute approximate surface area is 131 Å². The van der Waals surface area contributed by atoms with Gasteiger partial charge >= 0.3 is 12.2 Å². The highest BCUT2D eigenvalue weighted by Gasteiger charge is 2.46. The summed E-state index contributed by atoms with van der Waals surface area (Å²) < 4.78 is 41.3. The summed E-state index contributed by atoms with van der Waals surface area (Å²) in [6.45, 7) is 0.433. The minimum absolute atomic E-state index is 0.235. The molecule has 2 atom stereocenters. The maximum atomic E-state index is 13.2.